The number of hydrogen-bond acceptors (Lipinski definition) is 4. The lowest BCUT2D eigenvalue weighted by atomic mass is 10.2. The smallest absolute Gasteiger partial charge is 0.161 e. The minimum Gasteiger partial charge on any atom is -0.493 e. The Hall–Kier alpha value is -1.26. The zero-order chi connectivity index (χ0) is 12.3. The fourth-order valence-electron chi connectivity index (χ4n) is 1.49. The van der Waals surface area contributed by atoms with Crippen molar-refractivity contribution in [2.24, 2.45) is 0 Å². The summed E-state index contributed by atoms with van der Waals surface area (Å²) < 4.78 is 10.5. The molecule has 0 amide bonds. The SMILES string of the molecule is COc1ccc(-c2cnc(CCl)s2)cc1OC. The summed E-state index contributed by atoms with van der Waals surface area (Å²) in [6, 6.07) is 5.80. The number of aromatic nitrogens is 1. The molecule has 2 rings (SSSR count). The molecule has 17 heavy (non-hydrogen) atoms. The number of hydrogen-bond donors (Lipinski definition) is 0. The van der Waals surface area contributed by atoms with Gasteiger partial charge in [0.05, 0.1) is 25.0 Å². The third-order valence-corrected chi connectivity index (χ3v) is 3.79. The van der Waals surface area contributed by atoms with Crippen molar-refractivity contribution in [1.29, 1.82) is 0 Å². The number of halogens is 1. The largest absolute Gasteiger partial charge is 0.493 e. The Morgan fingerprint density at radius 1 is 1.24 bits per heavy atom. The quantitative estimate of drug-likeness (QED) is 0.795. The molecule has 5 heteroatoms. The molecule has 0 bridgehead atoms. The molecule has 1 aromatic heterocycles. The summed E-state index contributed by atoms with van der Waals surface area (Å²) in [5.41, 5.74) is 1.05. The van der Waals surface area contributed by atoms with Crippen LogP contribution in [0.5, 0.6) is 11.5 Å². The highest BCUT2D eigenvalue weighted by Gasteiger charge is 2.08. The van der Waals surface area contributed by atoms with E-state index in [2.05, 4.69) is 4.98 Å². The maximum Gasteiger partial charge on any atom is 0.161 e. The van der Waals surface area contributed by atoms with Crippen LogP contribution in [0.2, 0.25) is 0 Å². The van der Waals surface area contributed by atoms with Gasteiger partial charge in [0, 0.05) is 6.20 Å². The van der Waals surface area contributed by atoms with Gasteiger partial charge in [0.15, 0.2) is 11.5 Å². The average molecular weight is 270 g/mol. The van der Waals surface area contributed by atoms with Gasteiger partial charge in [-0.05, 0) is 23.8 Å². The maximum atomic E-state index is 5.74. The molecule has 0 aliphatic carbocycles. The lowest BCUT2D eigenvalue weighted by molar-refractivity contribution is 0.355. The predicted octanol–water partition coefficient (Wildman–Crippen LogP) is 3.57. The Morgan fingerprint density at radius 3 is 2.59 bits per heavy atom. The highest BCUT2D eigenvalue weighted by atomic mass is 35.5. The molecule has 0 spiro atoms. The summed E-state index contributed by atoms with van der Waals surface area (Å²) in [7, 11) is 3.24. The van der Waals surface area contributed by atoms with Crippen LogP contribution in [0, 0.1) is 0 Å². The molecule has 0 fully saturated rings. The van der Waals surface area contributed by atoms with Crippen LogP contribution in [0.15, 0.2) is 24.4 Å². The second-order valence-electron chi connectivity index (χ2n) is 3.32. The third kappa shape index (κ3) is 2.53. The maximum absolute atomic E-state index is 5.74. The third-order valence-electron chi connectivity index (χ3n) is 2.34. The number of nitrogens with zero attached hydrogens (tertiary/aromatic N) is 1. The summed E-state index contributed by atoms with van der Waals surface area (Å²) in [6.07, 6.45) is 1.82. The van der Waals surface area contributed by atoms with Crippen molar-refractivity contribution in [1.82, 2.24) is 4.98 Å². The Labute approximate surface area is 109 Å². The second-order valence-corrected chi connectivity index (χ2v) is 4.70. The highest BCUT2D eigenvalue weighted by Crippen LogP contribution is 2.34. The van der Waals surface area contributed by atoms with Gasteiger partial charge >= 0.3 is 0 Å². The fourth-order valence-corrected chi connectivity index (χ4v) is 2.49. The van der Waals surface area contributed by atoms with Crippen LogP contribution in [-0.4, -0.2) is 19.2 Å². The predicted molar refractivity (Wildman–Crippen MR) is 70.2 cm³/mol. The van der Waals surface area contributed by atoms with E-state index >= 15 is 0 Å². The molecule has 0 aliphatic heterocycles. The first-order valence-electron chi connectivity index (χ1n) is 5.01. The summed E-state index contributed by atoms with van der Waals surface area (Å²) >= 11 is 7.32. The standard InChI is InChI=1S/C12H12ClNO2S/c1-15-9-4-3-8(5-10(9)16-2)11-7-14-12(6-13)17-11/h3-5,7H,6H2,1-2H3. The second kappa shape index (κ2) is 5.38. The Morgan fingerprint density at radius 2 is 2.00 bits per heavy atom. The zero-order valence-electron chi connectivity index (χ0n) is 9.57. The number of alkyl halides is 1. The number of rotatable bonds is 4. The molecule has 1 aromatic carbocycles. The van der Waals surface area contributed by atoms with Gasteiger partial charge in [-0.15, -0.1) is 22.9 Å². The first kappa shape index (κ1) is 12.2. The van der Waals surface area contributed by atoms with Crippen molar-refractivity contribution in [3.8, 4) is 21.9 Å². The van der Waals surface area contributed by atoms with Gasteiger partial charge in [-0.1, -0.05) is 0 Å². The van der Waals surface area contributed by atoms with E-state index in [0.717, 1.165) is 21.2 Å². The van der Waals surface area contributed by atoms with Gasteiger partial charge in [0.25, 0.3) is 0 Å². The van der Waals surface area contributed by atoms with Crippen LogP contribution in [0.4, 0.5) is 0 Å². The van der Waals surface area contributed by atoms with Gasteiger partial charge in [0.2, 0.25) is 0 Å². The number of benzene rings is 1. The van der Waals surface area contributed by atoms with Crippen molar-refractivity contribution >= 4 is 22.9 Å². The molecule has 2 aromatic rings. The summed E-state index contributed by atoms with van der Waals surface area (Å²) in [6.45, 7) is 0. The molecular weight excluding hydrogens is 258 g/mol. The van der Waals surface area contributed by atoms with E-state index in [0.29, 0.717) is 11.6 Å². The van der Waals surface area contributed by atoms with Crippen LogP contribution >= 0.6 is 22.9 Å². The summed E-state index contributed by atoms with van der Waals surface area (Å²) in [5, 5.41) is 0.913. The molecular formula is C12H12ClNO2S. The van der Waals surface area contributed by atoms with Crippen molar-refractivity contribution in [2.75, 3.05) is 14.2 Å². The summed E-state index contributed by atoms with van der Waals surface area (Å²) in [5.74, 6) is 1.88. The van der Waals surface area contributed by atoms with E-state index < -0.39 is 0 Å². The molecule has 0 aliphatic rings. The van der Waals surface area contributed by atoms with Crippen LogP contribution in [0.25, 0.3) is 10.4 Å². The summed E-state index contributed by atoms with van der Waals surface area (Å²) in [4.78, 5) is 5.29. The normalized spacial score (nSPS) is 10.3. The zero-order valence-corrected chi connectivity index (χ0v) is 11.1. The number of methoxy groups -OCH3 is 2. The van der Waals surface area contributed by atoms with Crippen molar-refractivity contribution in [3.63, 3.8) is 0 Å². The molecule has 1 heterocycles. The van der Waals surface area contributed by atoms with E-state index in [1.54, 1.807) is 25.6 Å². The van der Waals surface area contributed by atoms with E-state index in [1.807, 2.05) is 24.4 Å². The lowest BCUT2D eigenvalue weighted by Crippen LogP contribution is -1.90. The first-order valence-corrected chi connectivity index (χ1v) is 6.36. The van der Waals surface area contributed by atoms with Crippen LogP contribution in [0.3, 0.4) is 0 Å². The average Bonchev–Trinajstić information content (AvgIpc) is 2.86. The van der Waals surface area contributed by atoms with E-state index in [1.165, 1.54) is 0 Å². The minimum atomic E-state index is 0.442. The molecule has 0 saturated heterocycles. The number of ether oxygens (including phenoxy) is 2. The van der Waals surface area contributed by atoms with Gasteiger partial charge in [0.1, 0.15) is 5.01 Å². The van der Waals surface area contributed by atoms with E-state index in [-0.39, 0.29) is 0 Å². The van der Waals surface area contributed by atoms with Gasteiger partial charge < -0.3 is 9.47 Å². The van der Waals surface area contributed by atoms with Gasteiger partial charge in [-0.2, -0.15) is 0 Å². The molecule has 0 saturated carbocycles. The van der Waals surface area contributed by atoms with Crippen LogP contribution in [0.1, 0.15) is 5.01 Å². The van der Waals surface area contributed by atoms with Crippen molar-refractivity contribution in [2.45, 2.75) is 5.88 Å². The molecule has 3 nitrogen and oxygen atoms in total. The van der Waals surface area contributed by atoms with Gasteiger partial charge in [-0.3, -0.25) is 0 Å². The number of thiazole rings is 1. The molecule has 0 atom stereocenters. The van der Waals surface area contributed by atoms with E-state index in [9.17, 15) is 0 Å². The topological polar surface area (TPSA) is 31.4 Å². The van der Waals surface area contributed by atoms with Crippen LogP contribution < -0.4 is 9.47 Å². The van der Waals surface area contributed by atoms with Crippen molar-refractivity contribution in [3.05, 3.63) is 29.4 Å². The molecule has 0 N–H and O–H groups in total. The van der Waals surface area contributed by atoms with Crippen LogP contribution in [-0.2, 0) is 5.88 Å². The lowest BCUT2D eigenvalue weighted by Gasteiger charge is -2.08. The first-order chi connectivity index (χ1) is 8.28. The van der Waals surface area contributed by atoms with Crippen molar-refractivity contribution < 1.29 is 9.47 Å². The Bertz CT molecular complexity index is 513. The minimum absolute atomic E-state index is 0.442. The Balaban J connectivity index is 2.38. The Kier molecular flexibility index (Phi) is 3.86. The van der Waals surface area contributed by atoms with E-state index in [4.69, 9.17) is 21.1 Å². The highest BCUT2D eigenvalue weighted by molar-refractivity contribution is 7.15. The fraction of sp³-hybridized carbons (Fsp3) is 0.250. The molecule has 0 unspecified atom stereocenters. The molecule has 0 radical (unpaired) electrons. The molecule has 90 valence electrons. The van der Waals surface area contributed by atoms with Gasteiger partial charge in [-0.25, -0.2) is 4.98 Å². The monoisotopic (exact) mass is 269 g/mol.